The Morgan fingerprint density at radius 2 is 1.90 bits per heavy atom. The van der Waals surface area contributed by atoms with E-state index in [9.17, 15) is 4.79 Å². The SMILES string of the molecule is COc1ccc(C(=O)N2C[C@@H](C)Oc3ccccc32)cc1. The summed E-state index contributed by atoms with van der Waals surface area (Å²) in [6.07, 6.45) is -0.0258. The summed E-state index contributed by atoms with van der Waals surface area (Å²) in [7, 11) is 1.61. The van der Waals surface area contributed by atoms with Gasteiger partial charge in [-0.25, -0.2) is 0 Å². The molecule has 0 saturated carbocycles. The Labute approximate surface area is 123 Å². The van der Waals surface area contributed by atoms with Crippen LogP contribution in [0, 0.1) is 0 Å². The van der Waals surface area contributed by atoms with Crippen molar-refractivity contribution < 1.29 is 14.3 Å². The second-order valence-corrected chi connectivity index (χ2v) is 5.04. The predicted molar refractivity (Wildman–Crippen MR) is 81.2 cm³/mol. The molecule has 2 aromatic rings. The Kier molecular flexibility index (Phi) is 3.52. The summed E-state index contributed by atoms with van der Waals surface area (Å²) < 4.78 is 10.9. The molecule has 0 spiro atoms. The van der Waals surface area contributed by atoms with Crippen molar-refractivity contribution in [1.82, 2.24) is 0 Å². The predicted octanol–water partition coefficient (Wildman–Crippen LogP) is 3.12. The van der Waals surface area contributed by atoms with Crippen LogP contribution < -0.4 is 14.4 Å². The number of carbonyl (C=O) groups is 1. The molecule has 1 atom stereocenters. The van der Waals surface area contributed by atoms with Gasteiger partial charge in [-0.05, 0) is 43.3 Å². The first-order chi connectivity index (χ1) is 10.2. The van der Waals surface area contributed by atoms with E-state index in [4.69, 9.17) is 9.47 Å². The van der Waals surface area contributed by atoms with Gasteiger partial charge >= 0.3 is 0 Å². The molecular formula is C17H17NO3. The highest BCUT2D eigenvalue weighted by Crippen LogP contribution is 2.34. The Bertz CT molecular complexity index is 651. The lowest BCUT2D eigenvalue weighted by molar-refractivity contribution is 0.0961. The van der Waals surface area contributed by atoms with Gasteiger partial charge in [0.15, 0.2) is 0 Å². The number of anilines is 1. The summed E-state index contributed by atoms with van der Waals surface area (Å²) in [5.41, 5.74) is 1.45. The third-order valence-electron chi connectivity index (χ3n) is 3.51. The Balaban J connectivity index is 1.93. The molecule has 0 unspecified atom stereocenters. The number of ether oxygens (including phenoxy) is 2. The lowest BCUT2D eigenvalue weighted by atomic mass is 10.1. The number of methoxy groups -OCH3 is 1. The number of hydrogen-bond donors (Lipinski definition) is 0. The molecule has 0 bridgehead atoms. The second-order valence-electron chi connectivity index (χ2n) is 5.04. The normalized spacial score (nSPS) is 16.9. The van der Waals surface area contributed by atoms with Crippen LogP contribution in [0.3, 0.4) is 0 Å². The number of para-hydroxylation sites is 2. The zero-order valence-electron chi connectivity index (χ0n) is 12.1. The summed E-state index contributed by atoms with van der Waals surface area (Å²) >= 11 is 0. The van der Waals surface area contributed by atoms with Crippen LogP contribution >= 0.6 is 0 Å². The molecule has 0 radical (unpaired) electrons. The molecular weight excluding hydrogens is 266 g/mol. The van der Waals surface area contributed by atoms with Gasteiger partial charge in [0.1, 0.15) is 17.6 Å². The lowest BCUT2D eigenvalue weighted by Gasteiger charge is -2.33. The molecule has 0 saturated heterocycles. The maximum Gasteiger partial charge on any atom is 0.258 e. The third kappa shape index (κ3) is 2.57. The molecule has 0 aromatic heterocycles. The van der Waals surface area contributed by atoms with E-state index in [0.717, 1.165) is 17.2 Å². The minimum atomic E-state index is -0.0275. The summed E-state index contributed by atoms with van der Waals surface area (Å²) in [5.74, 6) is 1.46. The smallest absolute Gasteiger partial charge is 0.258 e. The van der Waals surface area contributed by atoms with E-state index >= 15 is 0 Å². The van der Waals surface area contributed by atoms with Gasteiger partial charge in [0, 0.05) is 5.56 Å². The zero-order chi connectivity index (χ0) is 14.8. The zero-order valence-corrected chi connectivity index (χ0v) is 12.1. The van der Waals surface area contributed by atoms with E-state index < -0.39 is 0 Å². The molecule has 0 aliphatic carbocycles. The van der Waals surface area contributed by atoms with Gasteiger partial charge in [-0.15, -0.1) is 0 Å². The number of nitrogens with zero attached hydrogens (tertiary/aromatic N) is 1. The van der Waals surface area contributed by atoms with Crippen LogP contribution in [-0.4, -0.2) is 25.7 Å². The van der Waals surface area contributed by atoms with Crippen LogP contribution in [0.15, 0.2) is 48.5 Å². The highest BCUT2D eigenvalue weighted by atomic mass is 16.5. The molecule has 21 heavy (non-hydrogen) atoms. The van der Waals surface area contributed by atoms with Crippen molar-refractivity contribution in [3.05, 3.63) is 54.1 Å². The van der Waals surface area contributed by atoms with Crippen molar-refractivity contribution in [3.8, 4) is 11.5 Å². The Hall–Kier alpha value is -2.49. The Morgan fingerprint density at radius 1 is 1.19 bits per heavy atom. The topological polar surface area (TPSA) is 38.8 Å². The minimum absolute atomic E-state index is 0.0258. The van der Waals surface area contributed by atoms with Crippen molar-refractivity contribution in [1.29, 1.82) is 0 Å². The van der Waals surface area contributed by atoms with Gasteiger partial charge in [-0.2, -0.15) is 0 Å². The first kappa shape index (κ1) is 13.5. The standard InChI is InChI=1S/C17H17NO3/c1-12-11-18(15-5-3-4-6-16(15)21-12)17(19)13-7-9-14(20-2)10-8-13/h3-10,12H,11H2,1-2H3/t12-/m1/s1. The van der Waals surface area contributed by atoms with Crippen LogP contribution in [-0.2, 0) is 0 Å². The van der Waals surface area contributed by atoms with E-state index in [1.807, 2.05) is 31.2 Å². The van der Waals surface area contributed by atoms with Gasteiger partial charge in [-0.3, -0.25) is 4.79 Å². The van der Waals surface area contributed by atoms with Crippen molar-refractivity contribution in [2.24, 2.45) is 0 Å². The molecule has 108 valence electrons. The van der Waals surface area contributed by atoms with E-state index in [1.54, 1.807) is 36.3 Å². The molecule has 3 rings (SSSR count). The maximum atomic E-state index is 12.7. The average Bonchev–Trinajstić information content (AvgIpc) is 2.53. The van der Waals surface area contributed by atoms with E-state index in [2.05, 4.69) is 0 Å². The fourth-order valence-electron chi connectivity index (χ4n) is 2.47. The van der Waals surface area contributed by atoms with Crippen LogP contribution in [0.4, 0.5) is 5.69 Å². The third-order valence-corrected chi connectivity index (χ3v) is 3.51. The van der Waals surface area contributed by atoms with Crippen molar-refractivity contribution >= 4 is 11.6 Å². The number of benzene rings is 2. The second kappa shape index (κ2) is 5.48. The molecule has 0 N–H and O–H groups in total. The lowest BCUT2D eigenvalue weighted by Crippen LogP contribution is -2.42. The summed E-state index contributed by atoms with van der Waals surface area (Å²) in [6.45, 7) is 2.51. The summed E-state index contributed by atoms with van der Waals surface area (Å²) in [5, 5.41) is 0. The number of amides is 1. The van der Waals surface area contributed by atoms with E-state index in [1.165, 1.54) is 0 Å². The molecule has 4 nitrogen and oxygen atoms in total. The first-order valence-electron chi connectivity index (χ1n) is 6.90. The number of hydrogen-bond acceptors (Lipinski definition) is 3. The number of carbonyl (C=O) groups excluding carboxylic acids is 1. The highest BCUT2D eigenvalue weighted by Gasteiger charge is 2.27. The average molecular weight is 283 g/mol. The first-order valence-corrected chi connectivity index (χ1v) is 6.90. The van der Waals surface area contributed by atoms with Gasteiger partial charge in [0.2, 0.25) is 0 Å². The highest BCUT2D eigenvalue weighted by molar-refractivity contribution is 6.07. The fourth-order valence-corrected chi connectivity index (χ4v) is 2.47. The maximum absolute atomic E-state index is 12.7. The van der Waals surface area contributed by atoms with Crippen molar-refractivity contribution in [2.75, 3.05) is 18.6 Å². The van der Waals surface area contributed by atoms with Crippen LogP contribution in [0.1, 0.15) is 17.3 Å². The van der Waals surface area contributed by atoms with Gasteiger partial charge in [0.25, 0.3) is 5.91 Å². The minimum Gasteiger partial charge on any atom is -0.497 e. The van der Waals surface area contributed by atoms with Crippen molar-refractivity contribution in [2.45, 2.75) is 13.0 Å². The largest absolute Gasteiger partial charge is 0.497 e. The molecule has 0 fully saturated rings. The van der Waals surface area contributed by atoms with Crippen LogP contribution in [0.2, 0.25) is 0 Å². The molecule has 1 heterocycles. The molecule has 1 aliphatic rings. The van der Waals surface area contributed by atoms with Gasteiger partial charge < -0.3 is 14.4 Å². The van der Waals surface area contributed by atoms with Crippen LogP contribution in [0.5, 0.6) is 11.5 Å². The number of fused-ring (bicyclic) bond motifs is 1. The Morgan fingerprint density at radius 3 is 2.62 bits per heavy atom. The molecule has 1 amide bonds. The molecule has 4 heteroatoms. The summed E-state index contributed by atoms with van der Waals surface area (Å²) in [4.78, 5) is 14.5. The van der Waals surface area contributed by atoms with E-state index in [0.29, 0.717) is 12.1 Å². The molecule has 1 aliphatic heterocycles. The molecule has 2 aromatic carbocycles. The fraction of sp³-hybridized carbons (Fsp3) is 0.235. The monoisotopic (exact) mass is 283 g/mol. The van der Waals surface area contributed by atoms with Gasteiger partial charge in [0.05, 0.1) is 19.3 Å². The van der Waals surface area contributed by atoms with Crippen molar-refractivity contribution in [3.63, 3.8) is 0 Å². The quantitative estimate of drug-likeness (QED) is 0.850. The summed E-state index contributed by atoms with van der Waals surface area (Å²) in [6, 6.07) is 14.8. The number of rotatable bonds is 2. The van der Waals surface area contributed by atoms with Crippen LogP contribution in [0.25, 0.3) is 0 Å². The van der Waals surface area contributed by atoms with E-state index in [-0.39, 0.29) is 12.0 Å². The van der Waals surface area contributed by atoms with Gasteiger partial charge in [-0.1, -0.05) is 12.1 Å².